The van der Waals surface area contributed by atoms with Crippen LogP contribution in [0, 0.1) is 0 Å². The molecule has 1 fully saturated rings. The summed E-state index contributed by atoms with van der Waals surface area (Å²) in [5.41, 5.74) is 1.19. The van der Waals surface area contributed by atoms with Crippen LogP contribution in [0.3, 0.4) is 0 Å². The standard InChI is InChI=1S/C17H16F3N5O/c1-2-26-11-5-3-4-10(8-11)12-9-13(12)21-14-6-7-15-22-23-16(17(18,19)20)25(15)24-14/h3-8,12-13H,2,9H2,1H3,(H,21,24)/t12-,13-/m1/s1. The summed E-state index contributed by atoms with van der Waals surface area (Å²) in [5.74, 6) is 0.314. The fourth-order valence-electron chi connectivity index (χ4n) is 2.96. The van der Waals surface area contributed by atoms with Gasteiger partial charge in [-0.1, -0.05) is 12.1 Å². The van der Waals surface area contributed by atoms with Gasteiger partial charge in [0, 0.05) is 12.0 Å². The molecule has 1 aliphatic carbocycles. The third-order valence-corrected chi connectivity index (χ3v) is 4.24. The molecule has 2 atom stereocenters. The number of anilines is 1. The second-order valence-corrected chi connectivity index (χ2v) is 6.11. The van der Waals surface area contributed by atoms with E-state index in [4.69, 9.17) is 4.74 Å². The average Bonchev–Trinajstić information content (AvgIpc) is 3.22. The van der Waals surface area contributed by atoms with Crippen molar-refractivity contribution in [2.24, 2.45) is 0 Å². The van der Waals surface area contributed by atoms with Crippen LogP contribution in [0.5, 0.6) is 5.75 Å². The number of ether oxygens (including phenoxy) is 1. The SMILES string of the molecule is CCOc1cccc([C@H]2C[C@H]2Nc2ccc3nnc(C(F)(F)F)n3n2)c1. The zero-order chi connectivity index (χ0) is 18.3. The van der Waals surface area contributed by atoms with E-state index in [-0.39, 0.29) is 17.6 Å². The second-order valence-electron chi connectivity index (χ2n) is 6.11. The fraction of sp³-hybridized carbons (Fsp3) is 0.353. The molecule has 136 valence electrons. The molecular weight excluding hydrogens is 347 g/mol. The highest BCUT2D eigenvalue weighted by Crippen LogP contribution is 2.43. The van der Waals surface area contributed by atoms with Gasteiger partial charge in [-0.25, -0.2) is 0 Å². The number of halogens is 3. The molecule has 0 unspecified atom stereocenters. The van der Waals surface area contributed by atoms with Crippen molar-refractivity contribution in [2.75, 3.05) is 11.9 Å². The highest BCUT2D eigenvalue weighted by atomic mass is 19.4. The highest BCUT2D eigenvalue weighted by molar-refractivity contribution is 5.47. The van der Waals surface area contributed by atoms with Gasteiger partial charge in [0.05, 0.1) is 6.61 Å². The van der Waals surface area contributed by atoms with Crippen LogP contribution in [-0.4, -0.2) is 32.5 Å². The maximum atomic E-state index is 12.9. The Balaban J connectivity index is 1.51. The predicted molar refractivity (Wildman–Crippen MR) is 88.2 cm³/mol. The molecule has 26 heavy (non-hydrogen) atoms. The Hall–Kier alpha value is -2.84. The predicted octanol–water partition coefficient (Wildman–Crippen LogP) is 3.51. The minimum atomic E-state index is -4.60. The summed E-state index contributed by atoms with van der Waals surface area (Å²) in [6.07, 6.45) is -3.73. The van der Waals surface area contributed by atoms with Crippen LogP contribution in [0.1, 0.15) is 30.7 Å². The summed E-state index contributed by atoms with van der Waals surface area (Å²) in [4.78, 5) is 0. The Morgan fingerprint density at radius 1 is 1.23 bits per heavy atom. The number of benzene rings is 1. The summed E-state index contributed by atoms with van der Waals surface area (Å²) in [7, 11) is 0. The molecule has 0 spiro atoms. The number of alkyl halides is 3. The van der Waals surface area contributed by atoms with Gasteiger partial charge in [-0.2, -0.15) is 17.7 Å². The first-order valence-corrected chi connectivity index (χ1v) is 8.24. The molecule has 1 aromatic carbocycles. The normalized spacial score (nSPS) is 19.5. The molecule has 0 saturated heterocycles. The molecule has 2 aromatic heterocycles. The number of rotatable bonds is 5. The molecule has 0 bridgehead atoms. The first kappa shape index (κ1) is 16.6. The number of hydrogen-bond donors (Lipinski definition) is 1. The van der Waals surface area contributed by atoms with Crippen molar-refractivity contribution in [3.63, 3.8) is 0 Å². The van der Waals surface area contributed by atoms with Crippen molar-refractivity contribution in [3.05, 3.63) is 47.8 Å². The average molecular weight is 363 g/mol. The molecular formula is C17H16F3N5O. The molecule has 6 nitrogen and oxygen atoms in total. The molecule has 2 heterocycles. The lowest BCUT2D eigenvalue weighted by Gasteiger charge is -2.08. The van der Waals surface area contributed by atoms with Crippen LogP contribution in [-0.2, 0) is 6.18 Å². The van der Waals surface area contributed by atoms with Crippen LogP contribution < -0.4 is 10.1 Å². The lowest BCUT2D eigenvalue weighted by molar-refractivity contribution is -0.146. The largest absolute Gasteiger partial charge is 0.494 e. The monoisotopic (exact) mass is 363 g/mol. The van der Waals surface area contributed by atoms with Crippen LogP contribution in [0.15, 0.2) is 36.4 Å². The Morgan fingerprint density at radius 2 is 2.08 bits per heavy atom. The zero-order valence-electron chi connectivity index (χ0n) is 13.9. The number of hydrogen-bond acceptors (Lipinski definition) is 5. The summed E-state index contributed by atoms with van der Waals surface area (Å²) < 4.78 is 45.1. The van der Waals surface area contributed by atoms with Crippen molar-refractivity contribution in [2.45, 2.75) is 31.5 Å². The molecule has 0 radical (unpaired) electrons. The summed E-state index contributed by atoms with van der Waals surface area (Å²) in [5, 5.41) is 13.8. The van der Waals surface area contributed by atoms with E-state index in [1.807, 2.05) is 31.2 Å². The van der Waals surface area contributed by atoms with Gasteiger partial charge in [-0.15, -0.1) is 15.3 Å². The smallest absolute Gasteiger partial charge is 0.453 e. The molecule has 9 heteroatoms. The third-order valence-electron chi connectivity index (χ3n) is 4.24. The molecule has 0 aliphatic heterocycles. The highest BCUT2D eigenvalue weighted by Gasteiger charge is 2.40. The lowest BCUT2D eigenvalue weighted by atomic mass is 10.1. The Labute approximate surface area is 147 Å². The Kier molecular flexibility index (Phi) is 3.93. The number of nitrogens with one attached hydrogen (secondary N) is 1. The van der Waals surface area contributed by atoms with Gasteiger partial charge in [0.25, 0.3) is 5.82 Å². The molecule has 3 aromatic rings. The molecule has 1 N–H and O–H groups in total. The first-order chi connectivity index (χ1) is 12.5. The van der Waals surface area contributed by atoms with E-state index >= 15 is 0 Å². The van der Waals surface area contributed by atoms with Gasteiger partial charge in [0.2, 0.25) is 0 Å². The van der Waals surface area contributed by atoms with Gasteiger partial charge >= 0.3 is 6.18 Å². The number of aromatic nitrogens is 4. The quantitative estimate of drug-likeness (QED) is 0.752. The minimum Gasteiger partial charge on any atom is -0.494 e. The van der Waals surface area contributed by atoms with Crippen LogP contribution >= 0.6 is 0 Å². The van der Waals surface area contributed by atoms with E-state index in [9.17, 15) is 13.2 Å². The van der Waals surface area contributed by atoms with Gasteiger partial charge in [-0.3, -0.25) is 0 Å². The van der Waals surface area contributed by atoms with Crippen molar-refractivity contribution >= 4 is 11.5 Å². The second kappa shape index (κ2) is 6.15. The fourth-order valence-corrected chi connectivity index (χ4v) is 2.96. The topological polar surface area (TPSA) is 64.3 Å². The van der Waals surface area contributed by atoms with Crippen molar-refractivity contribution in [1.82, 2.24) is 19.8 Å². The molecule has 0 amide bonds. The van der Waals surface area contributed by atoms with Crippen LogP contribution in [0.2, 0.25) is 0 Å². The van der Waals surface area contributed by atoms with E-state index in [0.717, 1.165) is 22.2 Å². The molecule has 4 rings (SSSR count). The maximum Gasteiger partial charge on any atom is 0.453 e. The van der Waals surface area contributed by atoms with Gasteiger partial charge in [0.1, 0.15) is 11.6 Å². The van der Waals surface area contributed by atoms with Crippen molar-refractivity contribution in [1.29, 1.82) is 0 Å². The van der Waals surface area contributed by atoms with Crippen molar-refractivity contribution < 1.29 is 17.9 Å². The summed E-state index contributed by atoms with van der Waals surface area (Å²) in [6, 6.07) is 11.0. The van der Waals surface area contributed by atoms with E-state index in [1.54, 1.807) is 6.07 Å². The van der Waals surface area contributed by atoms with E-state index in [0.29, 0.717) is 12.4 Å². The Bertz CT molecular complexity index is 940. The summed E-state index contributed by atoms with van der Waals surface area (Å²) >= 11 is 0. The zero-order valence-corrected chi connectivity index (χ0v) is 13.9. The third kappa shape index (κ3) is 3.16. The van der Waals surface area contributed by atoms with Crippen molar-refractivity contribution in [3.8, 4) is 5.75 Å². The number of fused-ring (bicyclic) bond motifs is 1. The van der Waals surface area contributed by atoms with Gasteiger partial charge < -0.3 is 10.1 Å². The molecule has 1 aliphatic rings. The van der Waals surface area contributed by atoms with E-state index in [1.165, 1.54) is 6.07 Å². The van der Waals surface area contributed by atoms with Gasteiger partial charge in [-0.05, 0) is 43.2 Å². The minimum absolute atomic E-state index is 0.0552. The number of nitrogens with zero attached hydrogens (tertiary/aromatic N) is 4. The van der Waals surface area contributed by atoms with Crippen LogP contribution in [0.25, 0.3) is 5.65 Å². The van der Waals surface area contributed by atoms with Gasteiger partial charge in [0.15, 0.2) is 5.65 Å². The maximum absolute atomic E-state index is 12.9. The van der Waals surface area contributed by atoms with E-state index < -0.39 is 12.0 Å². The Morgan fingerprint density at radius 3 is 2.85 bits per heavy atom. The first-order valence-electron chi connectivity index (χ1n) is 8.24. The summed E-state index contributed by atoms with van der Waals surface area (Å²) in [6.45, 7) is 2.52. The lowest BCUT2D eigenvalue weighted by Crippen LogP contribution is -2.14. The van der Waals surface area contributed by atoms with E-state index in [2.05, 4.69) is 20.6 Å². The molecule has 1 saturated carbocycles. The van der Waals surface area contributed by atoms with Crippen LogP contribution in [0.4, 0.5) is 19.0 Å².